The Kier molecular flexibility index (Phi) is 5.24. The van der Waals surface area contributed by atoms with E-state index in [1.54, 1.807) is 30.4 Å². The van der Waals surface area contributed by atoms with E-state index in [1.807, 2.05) is 54.6 Å². The van der Waals surface area contributed by atoms with Gasteiger partial charge in [-0.15, -0.1) is 0 Å². The van der Waals surface area contributed by atoms with E-state index in [0.717, 1.165) is 27.8 Å². The van der Waals surface area contributed by atoms with Crippen molar-refractivity contribution in [3.05, 3.63) is 72.3 Å². The highest BCUT2D eigenvalue weighted by Gasteiger charge is 2.35. The molecule has 3 aromatic carbocycles. The van der Waals surface area contributed by atoms with E-state index in [2.05, 4.69) is 10.5 Å². The van der Waals surface area contributed by atoms with Gasteiger partial charge in [0.05, 0.1) is 19.2 Å². The third-order valence-electron chi connectivity index (χ3n) is 5.08. The molecular formula is C23H21N3O3. The molecule has 1 fully saturated rings. The highest BCUT2D eigenvalue weighted by atomic mass is 16.5. The third-order valence-corrected chi connectivity index (χ3v) is 5.08. The van der Waals surface area contributed by atoms with Gasteiger partial charge in [0, 0.05) is 24.2 Å². The summed E-state index contributed by atoms with van der Waals surface area (Å²) in [7, 11) is 1.59. The van der Waals surface area contributed by atoms with Gasteiger partial charge in [0.1, 0.15) is 5.75 Å². The number of nitrogens with zero attached hydrogens (tertiary/aromatic N) is 2. The van der Waals surface area contributed by atoms with Crippen LogP contribution >= 0.6 is 0 Å². The summed E-state index contributed by atoms with van der Waals surface area (Å²) in [6, 6.07) is 21.1. The zero-order chi connectivity index (χ0) is 20.2. The second-order valence-corrected chi connectivity index (χ2v) is 6.91. The molecule has 0 spiro atoms. The number of methoxy groups -OCH3 is 1. The first-order chi connectivity index (χ1) is 14.2. The van der Waals surface area contributed by atoms with Gasteiger partial charge in [0.25, 0.3) is 0 Å². The number of anilines is 1. The molecule has 6 nitrogen and oxygen atoms in total. The monoisotopic (exact) mass is 387 g/mol. The highest BCUT2D eigenvalue weighted by molar-refractivity contribution is 6.01. The normalized spacial score (nSPS) is 16.5. The predicted octanol–water partition coefficient (Wildman–Crippen LogP) is 3.35. The molecule has 6 heteroatoms. The van der Waals surface area contributed by atoms with E-state index in [-0.39, 0.29) is 18.2 Å². The van der Waals surface area contributed by atoms with E-state index in [9.17, 15) is 9.59 Å². The summed E-state index contributed by atoms with van der Waals surface area (Å²) in [6.07, 6.45) is 1.81. The average Bonchev–Trinajstić information content (AvgIpc) is 3.15. The van der Waals surface area contributed by atoms with Gasteiger partial charge in [-0.2, -0.15) is 5.10 Å². The maximum absolute atomic E-state index is 12.5. The molecule has 2 amide bonds. The topological polar surface area (TPSA) is 71.0 Å². The summed E-state index contributed by atoms with van der Waals surface area (Å²) in [6.45, 7) is 0.334. The summed E-state index contributed by atoms with van der Waals surface area (Å²) in [4.78, 5) is 26.5. The number of nitrogens with one attached hydrogen (secondary N) is 1. The van der Waals surface area contributed by atoms with Crippen molar-refractivity contribution >= 4 is 34.5 Å². The highest BCUT2D eigenvalue weighted by Crippen LogP contribution is 2.27. The van der Waals surface area contributed by atoms with Crippen molar-refractivity contribution in [2.75, 3.05) is 18.6 Å². The standard InChI is InChI=1S/C23H21N3O3/c1-29-20-11-9-19(10-12-20)26-15-18(13-22(26)27)23(28)25-24-14-17-7-4-6-16-5-2-3-8-21(16)17/h2-12,14,18H,13,15H2,1H3,(H,25,28)/b24-14+/t18-/m0/s1. The summed E-state index contributed by atoms with van der Waals surface area (Å²) in [5.74, 6) is -0.0501. The van der Waals surface area contributed by atoms with Crippen LogP contribution in [0, 0.1) is 5.92 Å². The number of amides is 2. The van der Waals surface area contributed by atoms with Gasteiger partial charge in [-0.05, 0) is 35.0 Å². The number of hydrogen-bond acceptors (Lipinski definition) is 4. The Morgan fingerprint density at radius 1 is 1.10 bits per heavy atom. The van der Waals surface area contributed by atoms with E-state index < -0.39 is 5.92 Å². The van der Waals surface area contributed by atoms with Crippen molar-refractivity contribution in [2.45, 2.75) is 6.42 Å². The van der Waals surface area contributed by atoms with Crippen LogP contribution in [0.1, 0.15) is 12.0 Å². The molecule has 3 aromatic rings. The quantitative estimate of drug-likeness (QED) is 0.539. The molecule has 29 heavy (non-hydrogen) atoms. The fraction of sp³-hybridized carbons (Fsp3) is 0.174. The molecule has 0 radical (unpaired) electrons. The smallest absolute Gasteiger partial charge is 0.245 e. The number of fused-ring (bicyclic) bond motifs is 1. The molecule has 1 N–H and O–H groups in total. The lowest BCUT2D eigenvalue weighted by molar-refractivity contribution is -0.126. The maximum atomic E-state index is 12.5. The molecule has 1 heterocycles. The van der Waals surface area contributed by atoms with Crippen molar-refractivity contribution in [1.82, 2.24) is 5.43 Å². The molecule has 0 bridgehead atoms. The summed E-state index contributed by atoms with van der Waals surface area (Å²) < 4.78 is 5.14. The van der Waals surface area contributed by atoms with Crippen LogP contribution in [0.15, 0.2) is 71.8 Å². The number of hydrogen-bond donors (Lipinski definition) is 1. The van der Waals surface area contributed by atoms with Gasteiger partial charge in [-0.1, -0.05) is 42.5 Å². The Bertz CT molecular complexity index is 1070. The minimum atomic E-state index is -0.436. The van der Waals surface area contributed by atoms with Crippen LogP contribution < -0.4 is 15.1 Å². The first kappa shape index (κ1) is 18.7. The third kappa shape index (κ3) is 3.96. The molecule has 146 valence electrons. The Morgan fingerprint density at radius 3 is 2.66 bits per heavy atom. The first-order valence-electron chi connectivity index (χ1n) is 9.41. The maximum Gasteiger partial charge on any atom is 0.245 e. The molecule has 0 saturated carbocycles. The van der Waals surface area contributed by atoms with Crippen molar-refractivity contribution < 1.29 is 14.3 Å². The van der Waals surface area contributed by atoms with Crippen LogP contribution in [0.3, 0.4) is 0 Å². The zero-order valence-corrected chi connectivity index (χ0v) is 16.0. The molecular weight excluding hydrogens is 366 g/mol. The molecule has 1 aliphatic rings. The fourth-order valence-electron chi connectivity index (χ4n) is 3.51. The van der Waals surface area contributed by atoms with Gasteiger partial charge in [0.2, 0.25) is 11.8 Å². The lowest BCUT2D eigenvalue weighted by Crippen LogP contribution is -2.30. The van der Waals surface area contributed by atoms with Crippen LogP contribution in [0.4, 0.5) is 5.69 Å². The molecule has 1 atom stereocenters. The first-order valence-corrected chi connectivity index (χ1v) is 9.41. The molecule has 0 unspecified atom stereocenters. The van der Waals surface area contributed by atoms with E-state index >= 15 is 0 Å². The molecule has 0 aliphatic carbocycles. The number of benzene rings is 3. The number of carbonyl (C=O) groups is 2. The van der Waals surface area contributed by atoms with Crippen LogP contribution in [-0.2, 0) is 9.59 Å². The van der Waals surface area contributed by atoms with Gasteiger partial charge < -0.3 is 9.64 Å². The Balaban J connectivity index is 1.41. The minimum absolute atomic E-state index is 0.0756. The van der Waals surface area contributed by atoms with Crippen LogP contribution in [0.5, 0.6) is 5.75 Å². The van der Waals surface area contributed by atoms with Crippen LogP contribution in [-0.4, -0.2) is 31.7 Å². The Hall–Kier alpha value is -3.67. The van der Waals surface area contributed by atoms with Crippen molar-refractivity contribution in [2.24, 2.45) is 11.0 Å². The Labute approximate surface area is 168 Å². The van der Waals surface area contributed by atoms with E-state index in [4.69, 9.17) is 4.74 Å². The molecule has 1 aliphatic heterocycles. The molecule has 0 aromatic heterocycles. The molecule has 1 saturated heterocycles. The van der Waals surface area contributed by atoms with Gasteiger partial charge in [0.15, 0.2) is 0 Å². The lowest BCUT2D eigenvalue weighted by Gasteiger charge is -2.16. The zero-order valence-electron chi connectivity index (χ0n) is 16.0. The van der Waals surface area contributed by atoms with Gasteiger partial charge >= 0.3 is 0 Å². The Morgan fingerprint density at radius 2 is 1.86 bits per heavy atom. The number of hydrazone groups is 1. The van der Waals surface area contributed by atoms with Crippen molar-refractivity contribution in [1.29, 1.82) is 0 Å². The molecule has 4 rings (SSSR count). The predicted molar refractivity (Wildman–Crippen MR) is 113 cm³/mol. The summed E-state index contributed by atoms with van der Waals surface area (Å²) >= 11 is 0. The van der Waals surface area contributed by atoms with Gasteiger partial charge in [-0.25, -0.2) is 5.43 Å². The average molecular weight is 387 g/mol. The number of carbonyl (C=O) groups excluding carboxylic acids is 2. The lowest BCUT2D eigenvalue weighted by atomic mass is 10.1. The van der Waals surface area contributed by atoms with Crippen molar-refractivity contribution in [3.8, 4) is 5.75 Å². The van der Waals surface area contributed by atoms with E-state index in [1.165, 1.54) is 0 Å². The van der Waals surface area contributed by atoms with E-state index in [0.29, 0.717) is 6.54 Å². The SMILES string of the molecule is COc1ccc(N2C[C@@H](C(=O)N/N=C/c3cccc4ccccc34)CC2=O)cc1. The van der Waals surface area contributed by atoms with Crippen molar-refractivity contribution in [3.63, 3.8) is 0 Å². The van der Waals surface area contributed by atoms with Crippen LogP contribution in [0.25, 0.3) is 10.8 Å². The second kappa shape index (κ2) is 8.14. The summed E-state index contributed by atoms with van der Waals surface area (Å²) in [5.41, 5.74) is 4.26. The van der Waals surface area contributed by atoms with Crippen LogP contribution in [0.2, 0.25) is 0 Å². The largest absolute Gasteiger partial charge is 0.497 e. The summed E-state index contributed by atoms with van der Waals surface area (Å²) in [5, 5.41) is 6.29. The number of rotatable bonds is 5. The minimum Gasteiger partial charge on any atom is -0.497 e. The second-order valence-electron chi connectivity index (χ2n) is 6.91. The number of ether oxygens (including phenoxy) is 1. The fourth-order valence-corrected chi connectivity index (χ4v) is 3.51. The van der Waals surface area contributed by atoms with Gasteiger partial charge in [-0.3, -0.25) is 9.59 Å².